The van der Waals surface area contributed by atoms with Gasteiger partial charge in [-0.3, -0.25) is 27.3 Å². The number of aryl methyl sites for hydroxylation is 3. The summed E-state index contributed by atoms with van der Waals surface area (Å²) in [5.41, 5.74) is 2.90. The first-order chi connectivity index (χ1) is 8.06. The molecule has 2 radical (unpaired) electrons. The van der Waals surface area contributed by atoms with E-state index in [1.807, 2.05) is 13.8 Å². The number of nitrogens with one attached hydrogen (secondary N) is 1. The Labute approximate surface area is 149 Å². The molecule has 0 aliphatic heterocycles. The molecule has 2 aromatic rings. The van der Waals surface area contributed by atoms with Gasteiger partial charge in [0.15, 0.2) is 0 Å². The molecule has 2 rings (SSSR count). The van der Waals surface area contributed by atoms with E-state index in [1.54, 1.807) is 13.0 Å². The van der Waals surface area contributed by atoms with Crippen molar-refractivity contribution in [3.05, 3.63) is 46.8 Å². The number of nitrogens with zero attached hydrogens (tertiary/aromatic N) is 1. The fourth-order valence-electron chi connectivity index (χ4n) is 1.49. The maximum absolute atomic E-state index is 11.9. The normalized spacial score (nSPS) is 9.21. The Balaban J connectivity index is 0.00000162. The van der Waals surface area contributed by atoms with Gasteiger partial charge >= 0.3 is 0 Å². The largest absolute Gasteiger partial charge is 0.432 e. The van der Waals surface area contributed by atoms with E-state index in [4.69, 9.17) is 4.42 Å². The number of benzene rings is 1. The van der Waals surface area contributed by atoms with Crippen molar-refractivity contribution >= 4 is 11.9 Å². The molecule has 1 N–H and O–H groups in total. The van der Waals surface area contributed by atoms with Crippen molar-refractivity contribution in [3.8, 4) is 0 Å². The number of oxazole rings is 1. The summed E-state index contributed by atoms with van der Waals surface area (Å²) in [5.74, 6) is -0.267. The van der Waals surface area contributed by atoms with Crippen molar-refractivity contribution in [3.63, 3.8) is 0 Å². The number of carbonyl (C=O) groups excluding carboxylic acids is 1. The van der Waals surface area contributed by atoms with E-state index in [0.29, 0.717) is 5.56 Å². The molecule has 0 fully saturated rings. The summed E-state index contributed by atoms with van der Waals surface area (Å²) in [7, 11) is 0. The maximum atomic E-state index is 11.9. The quantitative estimate of drug-likeness (QED) is 0.829. The Bertz CT molecular complexity index is 570. The van der Waals surface area contributed by atoms with Gasteiger partial charge < -0.3 is 16.5 Å². The number of amides is 1. The van der Waals surface area contributed by atoms with Gasteiger partial charge in [-0.15, -0.1) is 0 Å². The van der Waals surface area contributed by atoms with E-state index in [2.05, 4.69) is 22.4 Å². The summed E-state index contributed by atoms with van der Waals surface area (Å²) >= 11 is 0. The number of hydrogen-bond acceptors (Lipinski definition) is 3. The van der Waals surface area contributed by atoms with Crippen LogP contribution in [0.15, 0.2) is 16.7 Å². The van der Waals surface area contributed by atoms with Crippen LogP contribution in [0.25, 0.3) is 0 Å². The molecule has 0 aliphatic rings. The van der Waals surface area contributed by atoms with E-state index in [-0.39, 0.29) is 63.2 Å². The Morgan fingerprint density at radius 2 is 2.05 bits per heavy atom. The van der Waals surface area contributed by atoms with E-state index < -0.39 is 0 Å². The molecule has 0 saturated carbocycles. The molecular weight excluding hydrogens is 356 g/mol. The van der Waals surface area contributed by atoms with Crippen molar-refractivity contribution < 1.29 is 60.5 Å². The predicted molar refractivity (Wildman–Crippen MR) is 62.8 cm³/mol. The van der Waals surface area contributed by atoms with Crippen molar-refractivity contribution in [1.29, 1.82) is 0 Å². The van der Waals surface area contributed by atoms with Crippen LogP contribution in [0.5, 0.6) is 0 Å². The molecule has 0 aliphatic carbocycles. The third-order valence-corrected chi connectivity index (χ3v) is 2.30. The summed E-state index contributed by atoms with van der Waals surface area (Å²) in [5, 5.41) is 2.58. The summed E-state index contributed by atoms with van der Waals surface area (Å²) in [6, 6.07) is 7.83. The van der Waals surface area contributed by atoms with Gasteiger partial charge in [0, 0.05) is 51.3 Å². The Morgan fingerprint density at radius 1 is 1.37 bits per heavy atom. The molecule has 6 heteroatoms. The summed E-state index contributed by atoms with van der Waals surface area (Å²) in [6.07, 6.45) is 1.48. The van der Waals surface area contributed by atoms with Crippen LogP contribution >= 0.6 is 0 Å². The molecule has 1 aromatic carbocycles. The van der Waals surface area contributed by atoms with Crippen LogP contribution in [0.2, 0.25) is 0 Å². The minimum atomic E-state index is -0.267. The van der Waals surface area contributed by atoms with Gasteiger partial charge in [0.2, 0.25) is 0 Å². The van der Waals surface area contributed by atoms with Crippen LogP contribution in [0, 0.1) is 32.9 Å². The smallest absolute Gasteiger partial charge is 0.300 e. The zero-order valence-corrected chi connectivity index (χ0v) is 15.2. The van der Waals surface area contributed by atoms with Gasteiger partial charge in [-0.05, 0) is 6.92 Å². The van der Waals surface area contributed by atoms with Crippen molar-refractivity contribution in [2.75, 3.05) is 5.32 Å². The molecule has 0 unspecified atom stereocenters. The zero-order valence-electron chi connectivity index (χ0n) is 10.9. The van der Waals surface area contributed by atoms with Crippen LogP contribution in [0.4, 0.5) is 6.01 Å². The predicted octanol–water partition coefficient (Wildman–Crippen LogP) is 2.45. The standard InChI is InChI=1S/C13H12N2O2.V.Y/c1-8-4-5-11(9(2)6-8)12(16)15-13-14-10(3)7-17-13;;/h5,7H,1-3H3,(H,14,15,16);;/q-2;;. The minimum Gasteiger partial charge on any atom is -0.432 e. The van der Waals surface area contributed by atoms with Crippen LogP contribution in [0.1, 0.15) is 27.2 Å². The minimum absolute atomic E-state index is 0. The molecular formula is C13H12N2O2VY-2. The Kier molecular flexibility index (Phi) is 7.83. The van der Waals surface area contributed by atoms with Crippen LogP contribution in [-0.2, 0) is 51.3 Å². The second-order valence-electron chi connectivity index (χ2n) is 3.83. The van der Waals surface area contributed by atoms with Crippen molar-refractivity contribution in [2.24, 2.45) is 0 Å². The topological polar surface area (TPSA) is 55.1 Å². The van der Waals surface area contributed by atoms with Gasteiger partial charge in [-0.1, -0.05) is 13.8 Å². The SMILES string of the molecule is Cc1[c-]cc(C(=O)Nc2nc(C)co2)c(C)[c-]1.[V].[Y]. The van der Waals surface area contributed by atoms with Crippen molar-refractivity contribution in [1.82, 2.24) is 4.98 Å². The maximum Gasteiger partial charge on any atom is 0.300 e. The molecule has 1 heterocycles. The second-order valence-corrected chi connectivity index (χ2v) is 3.83. The number of carbonyl (C=O) groups is 1. The van der Waals surface area contributed by atoms with E-state index in [9.17, 15) is 4.79 Å². The second kappa shape index (κ2) is 8.01. The first-order valence-corrected chi connectivity index (χ1v) is 5.21. The first-order valence-electron chi connectivity index (χ1n) is 5.21. The average Bonchev–Trinajstić information content (AvgIpc) is 2.63. The summed E-state index contributed by atoms with van der Waals surface area (Å²) in [4.78, 5) is 15.9. The number of aromatic nitrogens is 1. The molecule has 1 amide bonds. The molecule has 96 valence electrons. The fourth-order valence-corrected chi connectivity index (χ4v) is 1.49. The van der Waals surface area contributed by atoms with Gasteiger partial charge in [-0.25, -0.2) is 0 Å². The average molecular weight is 368 g/mol. The zero-order chi connectivity index (χ0) is 12.4. The van der Waals surface area contributed by atoms with Crippen LogP contribution in [-0.4, -0.2) is 10.9 Å². The molecule has 0 saturated heterocycles. The summed E-state index contributed by atoms with van der Waals surface area (Å²) in [6.45, 7) is 5.50. The van der Waals surface area contributed by atoms with E-state index in [0.717, 1.165) is 16.8 Å². The van der Waals surface area contributed by atoms with Gasteiger partial charge in [0.1, 0.15) is 12.2 Å². The number of anilines is 1. The van der Waals surface area contributed by atoms with Crippen LogP contribution in [0.3, 0.4) is 0 Å². The summed E-state index contributed by atoms with van der Waals surface area (Å²) < 4.78 is 5.06. The molecule has 0 spiro atoms. The third-order valence-electron chi connectivity index (χ3n) is 2.30. The Hall–Kier alpha value is -0.412. The fraction of sp³-hybridized carbons (Fsp3) is 0.231. The molecule has 0 bridgehead atoms. The van der Waals surface area contributed by atoms with Crippen molar-refractivity contribution in [2.45, 2.75) is 20.8 Å². The van der Waals surface area contributed by atoms with Crippen LogP contribution < -0.4 is 5.32 Å². The van der Waals surface area contributed by atoms with E-state index >= 15 is 0 Å². The Morgan fingerprint density at radius 3 is 2.58 bits per heavy atom. The van der Waals surface area contributed by atoms with E-state index in [1.165, 1.54) is 6.26 Å². The third kappa shape index (κ3) is 4.88. The molecule has 4 nitrogen and oxygen atoms in total. The van der Waals surface area contributed by atoms with Gasteiger partial charge in [-0.2, -0.15) is 10.5 Å². The number of rotatable bonds is 2. The molecule has 19 heavy (non-hydrogen) atoms. The first kappa shape index (κ1) is 18.6. The van der Waals surface area contributed by atoms with Gasteiger partial charge in [0.05, 0.1) is 5.69 Å². The monoisotopic (exact) mass is 368 g/mol. The number of hydrogen-bond donors (Lipinski definition) is 1. The molecule has 0 atom stereocenters. The molecule has 1 aromatic heterocycles. The van der Waals surface area contributed by atoms with Gasteiger partial charge in [0.25, 0.3) is 6.01 Å².